The minimum atomic E-state index is 0.579. The lowest BCUT2D eigenvalue weighted by molar-refractivity contribution is 0.394. The molecule has 0 atom stereocenters. The molecular formula is C10H11N3O. The summed E-state index contributed by atoms with van der Waals surface area (Å²) in [4.78, 5) is 4.15. The van der Waals surface area contributed by atoms with Gasteiger partial charge in [0.1, 0.15) is 0 Å². The molecular weight excluding hydrogens is 178 g/mol. The summed E-state index contributed by atoms with van der Waals surface area (Å²) in [7, 11) is 1.88. The number of benzene rings is 1. The fourth-order valence-corrected chi connectivity index (χ4v) is 1.23. The van der Waals surface area contributed by atoms with E-state index in [9.17, 15) is 0 Å². The summed E-state index contributed by atoms with van der Waals surface area (Å²) < 4.78 is 4.91. The van der Waals surface area contributed by atoms with E-state index in [0.717, 1.165) is 11.3 Å². The van der Waals surface area contributed by atoms with Crippen molar-refractivity contribution in [1.82, 2.24) is 10.1 Å². The second-order valence-corrected chi connectivity index (χ2v) is 2.97. The largest absolute Gasteiger partial charge is 0.388 e. The highest BCUT2D eigenvalue weighted by molar-refractivity contribution is 5.61. The third-order valence-electron chi connectivity index (χ3n) is 1.94. The first-order chi connectivity index (χ1) is 6.79. The maximum absolute atomic E-state index is 4.91. The van der Waals surface area contributed by atoms with Gasteiger partial charge in [0.15, 0.2) is 0 Å². The Bertz CT molecular complexity index is 436. The molecule has 0 bridgehead atoms. The molecule has 1 heterocycles. The van der Waals surface area contributed by atoms with Gasteiger partial charge in [-0.3, -0.25) is 0 Å². The van der Waals surface area contributed by atoms with Gasteiger partial charge in [-0.2, -0.15) is 4.98 Å². The van der Waals surface area contributed by atoms with Crippen LogP contribution >= 0.6 is 0 Å². The molecule has 0 amide bonds. The van der Waals surface area contributed by atoms with Gasteiger partial charge in [-0.25, -0.2) is 0 Å². The zero-order valence-corrected chi connectivity index (χ0v) is 8.11. The molecule has 0 spiro atoms. The van der Waals surface area contributed by atoms with Crippen molar-refractivity contribution in [3.8, 4) is 11.4 Å². The molecule has 0 aliphatic heterocycles. The lowest BCUT2D eigenvalue weighted by Gasteiger charge is -2.00. The normalized spacial score (nSPS) is 10.1. The SMILES string of the molecule is CNc1cccc(-c2noc(C)n2)c1. The summed E-state index contributed by atoms with van der Waals surface area (Å²) in [6, 6.07) is 7.86. The molecule has 1 N–H and O–H groups in total. The second-order valence-electron chi connectivity index (χ2n) is 2.97. The highest BCUT2D eigenvalue weighted by Crippen LogP contribution is 2.19. The van der Waals surface area contributed by atoms with Crippen molar-refractivity contribution >= 4 is 5.69 Å². The molecule has 0 unspecified atom stereocenters. The van der Waals surface area contributed by atoms with Crippen molar-refractivity contribution in [3.05, 3.63) is 30.2 Å². The molecule has 0 saturated carbocycles. The maximum Gasteiger partial charge on any atom is 0.223 e. The summed E-state index contributed by atoms with van der Waals surface area (Å²) in [5.41, 5.74) is 1.98. The van der Waals surface area contributed by atoms with Gasteiger partial charge in [-0.1, -0.05) is 17.3 Å². The molecule has 0 aliphatic rings. The third-order valence-corrected chi connectivity index (χ3v) is 1.94. The van der Waals surface area contributed by atoms with Crippen LogP contribution in [0.3, 0.4) is 0 Å². The van der Waals surface area contributed by atoms with E-state index in [1.807, 2.05) is 31.3 Å². The lowest BCUT2D eigenvalue weighted by atomic mass is 10.2. The number of hydrogen-bond acceptors (Lipinski definition) is 4. The molecule has 4 heteroatoms. The third kappa shape index (κ3) is 1.59. The molecule has 72 valence electrons. The van der Waals surface area contributed by atoms with Gasteiger partial charge in [0, 0.05) is 25.2 Å². The van der Waals surface area contributed by atoms with Crippen LogP contribution in [0.15, 0.2) is 28.8 Å². The summed E-state index contributed by atoms with van der Waals surface area (Å²) in [6.45, 7) is 1.78. The van der Waals surface area contributed by atoms with E-state index in [1.165, 1.54) is 0 Å². The van der Waals surface area contributed by atoms with E-state index in [-0.39, 0.29) is 0 Å². The Morgan fingerprint density at radius 1 is 1.36 bits per heavy atom. The van der Waals surface area contributed by atoms with Crippen LogP contribution in [0.5, 0.6) is 0 Å². The standard InChI is InChI=1S/C10H11N3O/c1-7-12-10(13-14-7)8-4-3-5-9(6-8)11-2/h3-6,11H,1-2H3. The van der Waals surface area contributed by atoms with E-state index in [4.69, 9.17) is 4.52 Å². The van der Waals surface area contributed by atoms with Gasteiger partial charge in [-0.15, -0.1) is 0 Å². The fourth-order valence-electron chi connectivity index (χ4n) is 1.23. The predicted molar refractivity (Wildman–Crippen MR) is 54.0 cm³/mol. The number of hydrogen-bond donors (Lipinski definition) is 1. The van der Waals surface area contributed by atoms with Crippen molar-refractivity contribution < 1.29 is 4.52 Å². The Hall–Kier alpha value is -1.84. The highest BCUT2D eigenvalue weighted by atomic mass is 16.5. The number of anilines is 1. The first-order valence-electron chi connectivity index (χ1n) is 4.38. The number of rotatable bonds is 2. The zero-order chi connectivity index (χ0) is 9.97. The van der Waals surface area contributed by atoms with Crippen LogP contribution in [0.25, 0.3) is 11.4 Å². The molecule has 1 aromatic heterocycles. The topological polar surface area (TPSA) is 51.0 Å². The average Bonchev–Trinajstić information content (AvgIpc) is 2.65. The molecule has 2 aromatic rings. The molecule has 0 fully saturated rings. The summed E-state index contributed by atoms with van der Waals surface area (Å²) in [5, 5.41) is 6.91. The van der Waals surface area contributed by atoms with Gasteiger partial charge >= 0.3 is 0 Å². The number of nitrogens with zero attached hydrogens (tertiary/aromatic N) is 2. The number of aromatic nitrogens is 2. The van der Waals surface area contributed by atoms with Crippen molar-refractivity contribution in [2.45, 2.75) is 6.92 Å². The van der Waals surface area contributed by atoms with Crippen LogP contribution in [0.4, 0.5) is 5.69 Å². The smallest absolute Gasteiger partial charge is 0.223 e. The van der Waals surface area contributed by atoms with Crippen LogP contribution in [0, 0.1) is 6.92 Å². The Morgan fingerprint density at radius 3 is 2.86 bits per heavy atom. The van der Waals surface area contributed by atoms with E-state index < -0.39 is 0 Å². The summed E-state index contributed by atoms with van der Waals surface area (Å²) >= 11 is 0. The number of aryl methyl sites for hydroxylation is 1. The molecule has 2 rings (SSSR count). The van der Waals surface area contributed by atoms with Gasteiger partial charge in [0.05, 0.1) is 0 Å². The fraction of sp³-hybridized carbons (Fsp3) is 0.200. The molecule has 0 aliphatic carbocycles. The molecule has 14 heavy (non-hydrogen) atoms. The second kappa shape index (κ2) is 3.49. The van der Waals surface area contributed by atoms with Crippen molar-refractivity contribution in [2.24, 2.45) is 0 Å². The Morgan fingerprint density at radius 2 is 2.21 bits per heavy atom. The quantitative estimate of drug-likeness (QED) is 0.785. The van der Waals surface area contributed by atoms with Crippen molar-refractivity contribution in [3.63, 3.8) is 0 Å². The monoisotopic (exact) mass is 189 g/mol. The van der Waals surface area contributed by atoms with Crippen molar-refractivity contribution in [1.29, 1.82) is 0 Å². The van der Waals surface area contributed by atoms with E-state index in [1.54, 1.807) is 6.92 Å². The lowest BCUT2D eigenvalue weighted by Crippen LogP contribution is -1.88. The first kappa shape index (κ1) is 8.74. The molecule has 0 saturated heterocycles. The van der Waals surface area contributed by atoms with Crippen LogP contribution < -0.4 is 5.32 Å². The van der Waals surface area contributed by atoms with Crippen LogP contribution in [0.1, 0.15) is 5.89 Å². The zero-order valence-electron chi connectivity index (χ0n) is 8.11. The van der Waals surface area contributed by atoms with Crippen LogP contribution in [-0.2, 0) is 0 Å². The Labute approximate surface area is 82.0 Å². The van der Waals surface area contributed by atoms with Gasteiger partial charge in [0.25, 0.3) is 0 Å². The van der Waals surface area contributed by atoms with E-state index >= 15 is 0 Å². The minimum Gasteiger partial charge on any atom is -0.388 e. The van der Waals surface area contributed by atoms with Crippen LogP contribution in [0.2, 0.25) is 0 Å². The average molecular weight is 189 g/mol. The van der Waals surface area contributed by atoms with Gasteiger partial charge < -0.3 is 9.84 Å². The minimum absolute atomic E-state index is 0.579. The van der Waals surface area contributed by atoms with Gasteiger partial charge in [-0.05, 0) is 12.1 Å². The highest BCUT2D eigenvalue weighted by Gasteiger charge is 2.05. The summed E-state index contributed by atoms with van der Waals surface area (Å²) in [5.74, 6) is 1.20. The summed E-state index contributed by atoms with van der Waals surface area (Å²) in [6.07, 6.45) is 0. The maximum atomic E-state index is 4.91. The first-order valence-corrected chi connectivity index (χ1v) is 4.38. The van der Waals surface area contributed by atoms with Gasteiger partial charge in [0.2, 0.25) is 11.7 Å². The Kier molecular flexibility index (Phi) is 2.18. The van der Waals surface area contributed by atoms with Crippen LogP contribution in [-0.4, -0.2) is 17.2 Å². The molecule has 0 radical (unpaired) electrons. The number of nitrogens with one attached hydrogen (secondary N) is 1. The molecule has 4 nitrogen and oxygen atoms in total. The predicted octanol–water partition coefficient (Wildman–Crippen LogP) is 2.09. The molecule has 1 aromatic carbocycles. The van der Waals surface area contributed by atoms with E-state index in [0.29, 0.717) is 11.7 Å². The Balaban J connectivity index is 2.41. The van der Waals surface area contributed by atoms with Crippen molar-refractivity contribution in [2.75, 3.05) is 12.4 Å². The van der Waals surface area contributed by atoms with E-state index in [2.05, 4.69) is 15.5 Å².